The van der Waals surface area contributed by atoms with Crippen molar-refractivity contribution in [2.24, 2.45) is 0 Å². The predicted molar refractivity (Wildman–Crippen MR) is 56.6 cm³/mol. The van der Waals surface area contributed by atoms with Crippen molar-refractivity contribution in [3.63, 3.8) is 0 Å². The lowest BCUT2D eigenvalue weighted by Gasteiger charge is -2.07. The normalized spacial score (nSPS) is 10.5. The summed E-state index contributed by atoms with van der Waals surface area (Å²) in [6.07, 6.45) is -2.88. The Morgan fingerprint density at radius 3 is 2.72 bits per heavy atom. The van der Waals surface area contributed by atoms with Gasteiger partial charge in [-0.05, 0) is 0 Å². The maximum absolute atomic E-state index is 12.7. The number of hydrogen-bond donors (Lipinski definition) is 0. The van der Waals surface area contributed by atoms with E-state index in [1.54, 1.807) is 0 Å². The molecule has 0 fully saturated rings. The molecule has 0 N–H and O–H groups in total. The van der Waals surface area contributed by atoms with Crippen LogP contribution in [0.2, 0.25) is 5.02 Å². The molecule has 0 aliphatic carbocycles. The highest BCUT2D eigenvalue weighted by atomic mass is 35.5. The summed E-state index contributed by atoms with van der Waals surface area (Å²) in [5.41, 5.74) is -2.31. The third-order valence-electron chi connectivity index (χ3n) is 2.06. The zero-order valence-electron chi connectivity index (χ0n) is 9.02. The molecule has 1 rings (SSSR count). The highest BCUT2D eigenvalue weighted by Crippen LogP contribution is 2.36. The number of pyridine rings is 1. The maximum atomic E-state index is 12.7. The number of carbonyl (C=O) groups is 1. The summed E-state index contributed by atoms with van der Waals surface area (Å²) < 4.78 is 29.7. The monoisotopic (exact) mass is 280 g/mol. The van der Waals surface area contributed by atoms with Crippen molar-refractivity contribution in [2.75, 3.05) is 7.11 Å². The van der Waals surface area contributed by atoms with Crippen LogP contribution >= 0.6 is 11.6 Å². The van der Waals surface area contributed by atoms with Gasteiger partial charge in [0.05, 0.1) is 23.5 Å². The van der Waals surface area contributed by atoms with E-state index in [1.807, 2.05) is 0 Å². The van der Waals surface area contributed by atoms with E-state index < -0.39 is 45.7 Å². The summed E-state index contributed by atoms with van der Waals surface area (Å²) >= 11 is 5.45. The molecule has 98 valence electrons. The summed E-state index contributed by atoms with van der Waals surface area (Å²) in [5, 5.41) is 10.3. The molecule has 0 aliphatic heterocycles. The van der Waals surface area contributed by atoms with Crippen LogP contribution < -0.4 is 0 Å². The quantitative estimate of drug-likeness (QED) is 0.480. The molecule has 6 nitrogen and oxygen atoms in total. The van der Waals surface area contributed by atoms with E-state index in [0.717, 1.165) is 13.3 Å². The van der Waals surface area contributed by atoms with Crippen molar-refractivity contribution in [2.45, 2.75) is 12.8 Å². The highest BCUT2D eigenvalue weighted by Gasteiger charge is 2.30. The van der Waals surface area contributed by atoms with Crippen LogP contribution in [0.15, 0.2) is 6.20 Å². The van der Waals surface area contributed by atoms with E-state index >= 15 is 0 Å². The Morgan fingerprint density at radius 2 is 2.28 bits per heavy atom. The lowest BCUT2D eigenvalue weighted by Crippen LogP contribution is -2.11. The SMILES string of the molecule is COC(=O)Cc1ncc(Cl)c(C(F)F)c1[N+](=O)[O-]. The second kappa shape index (κ2) is 5.67. The van der Waals surface area contributed by atoms with E-state index in [1.165, 1.54) is 0 Å². The molecule has 0 radical (unpaired) electrons. The van der Waals surface area contributed by atoms with Gasteiger partial charge in [0.2, 0.25) is 0 Å². The Bertz CT molecular complexity index is 496. The molecule has 0 aliphatic rings. The first-order valence-corrected chi connectivity index (χ1v) is 4.92. The number of methoxy groups -OCH3 is 1. The van der Waals surface area contributed by atoms with Gasteiger partial charge >= 0.3 is 11.7 Å². The summed E-state index contributed by atoms with van der Waals surface area (Å²) in [6.45, 7) is 0. The molecule has 1 aromatic rings. The Labute approximate surface area is 105 Å². The van der Waals surface area contributed by atoms with E-state index in [0.29, 0.717) is 0 Å². The molecule has 18 heavy (non-hydrogen) atoms. The third kappa shape index (κ3) is 2.89. The van der Waals surface area contributed by atoms with Crippen LogP contribution in [0.4, 0.5) is 14.5 Å². The summed E-state index contributed by atoms with van der Waals surface area (Å²) in [6, 6.07) is 0. The number of halogens is 3. The van der Waals surface area contributed by atoms with Crippen molar-refractivity contribution < 1.29 is 23.2 Å². The van der Waals surface area contributed by atoms with Crippen molar-refractivity contribution in [3.8, 4) is 0 Å². The summed E-state index contributed by atoms with van der Waals surface area (Å²) in [5.74, 6) is -0.826. The number of aromatic nitrogens is 1. The van der Waals surface area contributed by atoms with Crippen LogP contribution in [0.5, 0.6) is 0 Å². The molecule has 1 heterocycles. The Morgan fingerprint density at radius 1 is 1.67 bits per heavy atom. The number of alkyl halides is 2. The first kappa shape index (κ1) is 14.2. The maximum Gasteiger partial charge on any atom is 0.311 e. The van der Waals surface area contributed by atoms with Crippen molar-refractivity contribution in [1.82, 2.24) is 4.98 Å². The molecule has 0 aromatic carbocycles. The minimum atomic E-state index is -3.14. The molecule has 0 spiro atoms. The summed E-state index contributed by atoms with van der Waals surface area (Å²) in [4.78, 5) is 24.3. The molecule has 1 aromatic heterocycles. The molecule has 0 saturated carbocycles. The van der Waals surface area contributed by atoms with Crippen LogP contribution in [-0.4, -0.2) is 23.0 Å². The lowest BCUT2D eigenvalue weighted by atomic mass is 10.1. The first-order chi connectivity index (χ1) is 8.38. The average Bonchev–Trinajstić information content (AvgIpc) is 2.29. The first-order valence-electron chi connectivity index (χ1n) is 4.55. The largest absolute Gasteiger partial charge is 0.469 e. The van der Waals surface area contributed by atoms with E-state index in [2.05, 4.69) is 9.72 Å². The van der Waals surface area contributed by atoms with E-state index in [4.69, 9.17) is 11.6 Å². The topological polar surface area (TPSA) is 82.3 Å². The van der Waals surface area contributed by atoms with Gasteiger partial charge in [0.25, 0.3) is 6.43 Å². The number of nitro groups is 1. The second-order valence-electron chi connectivity index (χ2n) is 3.13. The zero-order valence-corrected chi connectivity index (χ0v) is 9.78. The number of carbonyl (C=O) groups excluding carboxylic acids is 1. The minimum absolute atomic E-state index is 0.411. The number of hydrogen-bond acceptors (Lipinski definition) is 5. The van der Waals surface area contributed by atoms with Crippen LogP contribution in [0.3, 0.4) is 0 Å². The van der Waals surface area contributed by atoms with Crippen LogP contribution in [-0.2, 0) is 16.0 Å². The number of esters is 1. The van der Waals surface area contributed by atoms with Crippen molar-refractivity contribution in [1.29, 1.82) is 0 Å². The van der Waals surface area contributed by atoms with E-state index in [9.17, 15) is 23.7 Å². The van der Waals surface area contributed by atoms with Crippen molar-refractivity contribution in [3.05, 3.63) is 32.6 Å². The van der Waals surface area contributed by atoms with Gasteiger partial charge in [-0.25, -0.2) is 8.78 Å². The fourth-order valence-corrected chi connectivity index (χ4v) is 1.50. The number of nitrogens with zero attached hydrogens (tertiary/aromatic N) is 2. The molecule has 9 heteroatoms. The van der Waals surface area contributed by atoms with Crippen molar-refractivity contribution >= 4 is 23.3 Å². The van der Waals surface area contributed by atoms with Gasteiger partial charge in [0, 0.05) is 6.20 Å². The lowest BCUT2D eigenvalue weighted by molar-refractivity contribution is -0.387. The summed E-state index contributed by atoms with van der Waals surface area (Å²) in [7, 11) is 1.07. The predicted octanol–water partition coefficient (Wildman–Crippen LogP) is 2.30. The Hall–Kier alpha value is -1.83. The van der Waals surface area contributed by atoms with Crippen LogP contribution in [0.1, 0.15) is 17.7 Å². The molecule has 0 atom stereocenters. The van der Waals surface area contributed by atoms with Gasteiger partial charge < -0.3 is 4.74 Å². The second-order valence-corrected chi connectivity index (χ2v) is 3.53. The molecule has 0 saturated heterocycles. The Balaban J connectivity index is 3.39. The highest BCUT2D eigenvalue weighted by molar-refractivity contribution is 6.31. The molecule has 0 amide bonds. The van der Waals surface area contributed by atoms with Gasteiger partial charge in [0.15, 0.2) is 0 Å². The molecule has 0 bridgehead atoms. The van der Waals surface area contributed by atoms with E-state index in [-0.39, 0.29) is 0 Å². The molecule has 0 unspecified atom stereocenters. The minimum Gasteiger partial charge on any atom is -0.469 e. The zero-order chi connectivity index (χ0) is 13.9. The average molecular weight is 281 g/mol. The molecular weight excluding hydrogens is 274 g/mol. The fourth-order valence-electron chi connectivity index (χ4n) is 1.28. The van der Waals surface area contributed by atoms with Gasteiger partial charge in [-0.2, -0.15) is 0 Å². The van der Waals surface area contributed by atoms with Gasteiger partial charge in [-0.15, -0.1) is 0 Å². The van der Waals surface area contributed by atoms with Gasteiger partial charge in [-0.1, -0.05) is 11.6 Å². The third-order valence-corrected chi connectivity index (χ3v) is 2.36. The standard InChI is InChI=1S/C9H7ClF2N2O4/c1-18-6(15)2-5-8(14(16)17)7(9(11)12)4(10)3-13-5/h3,9H,2H2,1H3. The van der Waals surface area contributed by atoms with Gasteiger partial charge in [0.1, 0.15) is 11.3 Å². The number of ether oxygens (including phenoxy) is 1. The Kier molecular flexibility index (Phi) is 4.49. The van der Waals surface area contributed by atoms with Gasteiger partial charge in [-0.3, -0.25) is 19.9 Å². The number of rotatable bonds is 4. The van der Waals surface area contributed by atoms with Crippen LogP contribution in [0.25, 0.3) is 0 Å². The fraction of sp³-hybridized carbons (Fsp3) is 0.333. The smallest absolute Gasteiger partial charge is 0.311 e. The van der Waals surface area contributed by atoms with Crippen LogP contribution in [0, 0.1) is 10.1 Å². The molecular formula is C9H7ClF2N2O4.